The third-order valence-electron chi connectivity index (χ3n) is 2.06. The number of carbonyl (C=O) groups is 1. The molecule has 0 bridgehead atoms. The van der Waals surface area contributed by atoms with Crippen LogP contribution in [0.5, 0.6) is 0 Å². The average molecular weight is 284 g/mol. The monoisotopic (exact) mass is 283 g/mol. The summed E-state index contributed by atoms with van der Waals surface area (Å²) >= 11 is 3.26. The highest BCUT2D eigenvalue weighted by Crippen LogP contribution is 2.19. The highest BCUT2D eigenvalue weighted by molar-refractivity contribution is 9.10. The topological polar surface area (TPSA) is 58.6 Å². The molecule has 0 saturated carbocycles. The van der Waals surface area contributed by atoms with E-state index in [9.17, 15) is 9.18 Å². The van der Waals surface area contributed by atoms with Gasteiger partial charge in [-0.05, 0) is 23.8 Å². The van der Waals surface area contributed by atoms with Crippen LogP contribution >= 0.6 is 15.9 Å². The van der Waals surface area contributed by atoms with Gasteiger partial charge in [-0.15, -0.1) is 0 Å². The lowest BCUT2D eigenvalue weighted by molar-refractivity contribution is 0.0988. The van der Waals surface area contributed by atoms with Gasteiger partial charge in [0.05, 0.1) is 6.20 Å². The first-order chi connectivity index (χ1) is 7.66. The molecule has 1 aromatic heterocycles. The standard InChI is InChI=1S/C10H7BrFN3O/c11-8-2-1-7(12)3-6(8)4-10(16)9-5-13-15-14-9/h1-3,5H,4H2,(H,13,14,15). The smallest absolute Gasteiger partial charge is 0.189 e. The molecular weight excluding hydrogens is 277 g/mol. The Bertz CT molecular complexity index is 513. The zero-order valence-corrected chi connectivity index (χ0v) is 9.66. The van der Waals surface area contributed by atoms with E-state index in [0.717, 1.165) is 0 Å². The minimum Gasteiger partial charge on any atom is -0.292 e. The van der Waals surface area contributed by atoms with Gasteiger partial charge in [0, 0.05) is 10.9 Å². The van der Waals surface area contributed by atoms with Gasteiger partial charge in [0.1, 0.15) is 11.5 Å². The fourth-order valence-electron chi connectivity index (χ4n) is 1.28. The minimum atomic E-state index is -0.369. The van der Waals surface area contributed by atoms with E-state index in [0.29, 0.717) is 10.0 Å². The molecule has 16 heavy (non-hydrogen) atoms. The van der Waals surface area contributed by atoms with Crippen molar-refractivity contribution < 1.29 is 9.18 Å². The predicted octanol–water partition coefficient (Wildman–Crippen LogP) is 2.13. The van der Waals surface area contributed by atoms with E-state index in [2.05, 4.69) is 31.3 Å². The second kappa shape index (κ2) is 4.52. The Labute approximate surface area is 99.0 Å². The molecule has 1 heterocycles. The Morgan fingerprint density at radius 3 is 3.00 bits per heavy atom. The lowest BCUT2D eigenvalue weighted by Gasteiger charge is -2.02. The number of carbonyl (C=O) groups excluding carboxylic acids is 1. The van der Waals surface area contributed by atoms with Gasteiger partial charge in [-0.1, -0.05) is 15.9 Å². The average Bonchev–Trinajstić information content (AvgIpc) is 2.76. The molecule has 2 rings (SSSR count). The number of hydrogen-bond acceptors (Lipinski definition) is 3. The minimum absolute atomic E-state index is 0.0882. The van der Waals surface area contributed by atoms with Crippen LogP contribution in [0.25, 0.3) is 0 Å². The number of Topliss-reactive ketones (excluding diaryl/α,β-unsaturated/α-hetero) is 1. The molecule has 0 aliphatic carbocycles. The summed E-state index contributed by atoms with van der Waals surface area (Å²) in [7, 11) is 0. The number of ketones is 1. The lowest BCUT2D eigenvalue weighted by atomic mass is 10.1. The molecule has 0 spiro atoms. The second-order valence-electron chi connectivity index (χ2n) is 3.19. The molecule has 2 aromatic rings. The van der Waals surface area contributed by atoms with Crippen LogP contribution in [-0.2, 0) is 6.42 Å². The van der Waals surface area contributed by atoms with E-state index in [1.54, 1.807) is 6.07 Å². The predicted molar refractivity (Wildman–Crippen MR) is 58.5 cm³/mol. The van der Waals surface area contributed by atoms with Crippen LogP contribution in [0.1, 0.15) is 16.1 Å². The van der Waals surface area contributed by atoms with E-state index in [4.69, 9.17) is 0 Å². The van der Waals surface area contributed by atoms with Crippen molar-refractivity contribution in [3.63, 3.8) is 0 Å². The van der Waals surface area contributed by atoms with Gasteiger partial charge < -0.3 is 0 Å². The first-order valence-corrected chi connectivity index (χ1v) is 5.29. The van der Waals surface area contributed by atoms with Crippen LogP contribution in [0.3, 0.4) is 0 Å². The van der Waals surface area contributed by atoms with Crippen LogP contribution in [0.15, 0.2) is 28.9 Å². The Hall–Kier alpha value is -1.56. The summed E-state index contributed by atoms with van der Waals surface area (Å²) in [6, 6.07) is 4.22. The van der Waals surface area contributed by atoms with Crippen LogP contribution in [0.2, 0.25) is 0 Å². The van der Waals surface area contributed by atoms with Gasteiger partial charge in [-0.3, -0.25) is 4.79 Å². The van der Waals surface area contributed by atoms with Crippen LogP contribution in [-0.4, -0.2) is 21.2 Å². The van der Waals surface area contributed by atoms with Crippen molar-refractivity contribution >= 4 is 21.7 Å². The van der Waals surface area contributed by atoms with Crippen molar-refractivity contribution in [2.45, 2.75) is 6.42 Å². The Morgan fingerprint density at radius 2 is 2.31 bits per heavy atom. The van der Waals surface area contributed by atoms with Crippen molar-refractivity contribution in [3.8, 4) is 0 Å². The Balaban J connectivity index is 2.21. The number of H-pyrrole nitrogens is 1. The van der Waals surface area contributed by atoms with Gasteiger partial charge in [0.2, 0.25) is 0 Å². The van der Waals surface area contributed by atoms with E-state index in [-0.39, 0.29) is 23.7 Å². The summed E-state index contributed by atoms with van der Waals surface area (Å²) in [6.07, 6.45) is 1.43. The summed E-state index contributed by atoms with van der Waals surface area (Å²) < 4.78 is 13.7. The second-order valence-corrected chi connectivity index (χ2v) is 4.05. The highest BCUT2D eigenvalue weighted by atomic mass is 79.9. The number of halogens is 2. The molecular formula is C10H7BrFN3O. The number of rotatable bonds is 3. The molecule has 0 radical (unpaired) electrons. The third-order valence-corrected chi connectivity index (χ3v) is 2.83. The van der Waals surface area contributed by atoms with Crippen molar-refractivity contribution in [1.82, 2.24) is 15.4 Å². The van der Waals surface area contributed by atoms with Crippen molar-refractivity contribution in [2.24, 2.45) is 0 Å². The van der Waals surface area contributed by atoms with Crippen LogP contribution in [0, 0.1) is 5.82 Å². The normalized spacial score (nSPS) is 10.4. The molecule has 0 amide bonds. The number of nitrogens with zero attached hydrogens (tertiary/aromatic N) is 2. The van der Waals surface area contributed by atoms with E-state index >= 15 is 0 Å². The third kappa shape index (κ3) is 2.33. The number of aromatic amines is 1. The summed E-state index contributed by atoms with van der Waals surface area (Å²) in [5.74, 6) is -0.578. The lowest BCUT2D eigenvalue weighted by Crippen LogP contribution is -2.05. The molecule has 1 aromatic carbocycles. The van der Waals surface area contributed by atoms with Gasteiger partial charge >= 0.3 is 0 Å². The zero-order valence-electron chi connectivity index (χ0n) is 8.08. The largest absolute Gasteiger partial charge is 0.292 e. The fraction of sp³-hybridized carbons (Fsp3) is 0.100. The molecule has 0 saturated heterocycles. The summed E-state index contributed by atoms with van der Waals surface area (Å²) in [5, 5.41) is 9.57. The maximum atomic E-state index is 13.0. The molecule has 0 aliphatic heterocycles. The first-order valence-electron chi connectivity index (χ1n) is 4.49. The number of nitrogens with one attached hydrogen (secondary N) is 1. The van der Waals surface area contributed by atoms with Crippen LogP contribution in [0.4, 0.5) is 4.39 Å². The number of hydrogen-bond donors (Lipinski definition) is 1. The number of benzene rings is 1. The zero-order chi connectivity index (χ0) is 11.5. The SMILES string of the molecule is O=C(Cc1cc(F)ccc1Br)c1cn[nH]n1. The first kappa shape index (κ1) is 10.9. The molecule has 0 unspecified atom stereocenters. The quantitative estimate of drug-likeness (QED) is 0.878. The van der Waals surface area contributed by atoms with Crippen LogP contribution < -0.4 is 0 Å². The summed E-state index contributed by atoms with van der Waals surface area (Å²) in [4.78, 5) is 11.7. The maximum absolute atomic E-state index is 13.0. The van der Waals surface area contributed by atoms with E-state index < -0.39 is 0 Å². The van der Waals surface area contributed by atoms with Gasteiger partial charge in [0.25, 0.3) is 0 Å². The van der Waals surface area contributed by atoms with E-state index in [1.165, 1.54) is 18.3 Å². The fourth-order valence-corrected chi connectivity index (χ4v) is 1.67. The molecule has 1 N–H and O–H groups in total. The van der Waals surface area contributed by atoms with E-state index in [1.807, 2.05) is 0 Å². The molecule has 6 heteroatoms. The van der Waals surface area contributed by atoms with Crippen molar-refractivity contribution in [1.29, 1.82) is 0 Å². The van der Waals surface area contributed by atoms with Crippen molar-refractivity contribution in [2.75, 3.05) is 0 Å². The molecule has 0 atom stereocenters. The molecule has 0 aliphatic rings. The Kier molecular flexibility index (Phi) is 3.09. The number of aromatic nitrogens is 3. The van der Waals surface area contributed by atoms with Crippen molar-refractivity contribution in [3.05, 3.63) is 45.9 Å². The van der Waals surface area contributed by atoms with Gasteiger partial charge in [0.15, 0.2) is 5.78 Å². The molecule has 4 nitrogen and oxygen atoms in total. The molecule has 82 valence electrons. The molecule has 0 fully saturated rings. The van der Waals surface area contributed by atoms with Gasteiger partial charge in [-0.25, -0.2) is 4.39 Å². The summed E-state index contributed by atoms with van der Waals surface area (Å²) in [6.45, 7) is 0. The summed E-state index contributed by atoms with van der Waals surface area (Å²) in [5.41, 5.74) is 0.837. The maximum Gasteiger partial charge on any atom is 0.189 e. The highest BCUT2D eigenvalue weighted by Gasteiger charge is 2.12. The van der Waals surface area contributed by atoms with Gasteiger partial charge in [-0.2, -0.15) is 15.4 Å². The Morgan fingerprint density at radius 1 is 1.50 bits per heavy atom.